The molecule has 2 heterocycles. The fourth-order valence-corrected chi connectivity index (χ4v) is 3.87. The van der Waals surface area contributed by atoms with Crippen molar-refractivity contribution in [1.82, 2.24) is 14.7 Å². The molecule has 0 saturated carbocycles. The van der Waals surface area contributed by atoms with Crippen LogP contribution >= 0.6 is 11.5 Å². The molecular formula is C19H28N5OS+. The summed E-state index contributed by atoms with van der Waals surface area (Å²) in [4.78, 5) is 20.6. The van der Waals surface area contributed by atoms with E-state index in [0.717, 1.165) is 56.4 Å². The zero-order chi connectivity index (χ0) is 18.4. The number of nitrogens with zero attached hydrogens (tertiary/aromatic N) is 3. The van der Waals surface area contributed by atoms with E-state index in [1.54, 1.807) is 0 Å². The Kier molecular flexibility index (Phi) is 6.57. The SMILES string of the molecule is C[NH+](C)CCNC(=O)C1CCN(c2nc(Cc3ccccc3)ns2)CC1. The summed E-state index contributed by atoms with van der Waals surface area (Å²) in [6.07, 6.45) is 2.53. The summed E-state index contributed by atoms with van der Waals surface area (Å²) in [6.45, 7) is 3.45. The topological polar surface area (TPSA) is 62.6 Å². The second-order valence-corrected chi connectivity index (χ2v) is 7.90. The van der Waals surface area contributed by atoms with Gasteiger partial charge in [0.15, 0.2) is 0 Å². The van der Waals surface area contributed by atoms with E-state index in [2.05, 4.69) is 40.8 Å². The predicted molar refractivity (Wildman–Crippen MR) is 105 cm³/mol. The molecule has 0 atom stereocenters. The Morgan fingerprint density at radius 3 is 2.69 bits per heavy atom. The highest BCUT2D eigenvalue weighted by molar-refractivity contribution is 7.09. The highest BCUT2D eigenvalue weighted by Crippen LogP contribution is 2.25. The number of carbonyl (C=O) groups excluding carboxylic acids is 1. The molecule has 1 saturated heterocycles. The predicted octanol–water partition coefficient (Wildman–Crippen LogP) is 0.606. The lowest BCUT2D eigenvalue weighted by atomic mass is 9.96. The molecule has 0 spiro atoms. The number of rotatable bonds is 7. The smallest absolute Gasteiger partial charge is 0.223 e. The largest absolute Gasteiger partial charge is 0.350 e. The summed E-state index contributed by atoms with van der Waals surface area (Å²) in [7, 11) is 4.19. The minimum Gasteiger partial charge on any atom is -0.350 e. The van der Waals surface area contributed by atoms with Gasteiger partial charge in [-0.2, -0.15) is 4.37 Å². The lowest BCUT2D eigenvalue weighted by molar-refractivity contribution is -0.856. The summed E-state index contributed by atoms with van der Waals surface area (Å²) < 4.78 is 4.51. The van der Waals surface area contributed by atoms with Crippen LogP contribution in [0.25, 0.3) is 0 Å². The lowest BCUT2D eigenvalue weighted by Gasteiger charge is -2.30. The van der Waals surface area contributed by atoms with Crippen LogP contribution < -0.4 is 15.1 Å². The van der Waals surface area contributed by atoms with E-state index in [1.165, 1.54) is 22.0 Å². The van der Waals surface area contributed by atoms with Crippen molar-refractivity contribution in [3.8, 4) is 0 Å². The number of hydrogen-bond donors (Lipinski definition) is 2. The van der Waals surface area contributed by atoms with Crippen LogP contribution in [0.3, 0.4) is 0 Å². The number of nitrogens with one attached hydrogen (secondary N) is 2. The molecule has 0 radical (unpaired) electrons. The number of anilines is 1. The Labute approximate surface area is 159 Å². The number of carbonyl (C=O) groups is 1. The van der Waals surface area contributed by atoms with E-state index < -0.39 is 0 Å². The van der Waals surface area contributed by atoms with Gasteiger partial charge in [-0.05, 0) is 18.4 Å². The van der Waals surface area contributed by atoms with Gasteiger partial charge in [0.2, 0.25) is 11.0 Å². The average molecular weight is 375 g/mol. The van der Waals surface area contributed by atoms with Gasteiger partial charge < -0.3 is 15.1 Å². The van der Waals surface area contributed by atoms with Crippen LogP contribution in [-0.4, -0.2) is 55.5 Å². The van der Waals surface area contributed by atoms with Crippen molar-refractivity contribution in [3.63, 3.8) is 0 Å². The molecular weight excluding hydrogens is 346 g/mol. The molecule has 140 valence electrons. The van der Waals surface area contributed by atoms with Gasteiger partial charge in [-0.1, -0.05) is 30.3 Å². The molecule has 1 aliphatic rings. The first-order valence-corrected chi connectivity index (χ1v) is 10.1. The van der Waals surface area contributed by atoms with Crippen molar-refractivity contribution >= 4 is 22.6 Å². The Hall–Kier alpha value is -1.99. The second-order valence-electron chi connectivity index (χ2n) is 7.17. The molecule has 3 rings (SSSR count). The Bertz CT molecular complexity index is 695. The Morgan fingerprint density at radius 1 is 1.27 bits per heavy atom. The number of benzene rings is 1. The van der Waals surface area contributed by atoms with Crippen molar-refractivity contribution in [2.75, 3.05) is 45.2 Å². The van der Waals surface area contributed by atoms with E-state index in [0.29, 0.717) is 0 Å². The number of quaternary nitrogens is 1. The van der Waals surface area contributed by atoms with Crippen molar-refractivity contribution in [2.24, 2.45) is 5.92 Å². The van der Waals surface area contributed by atoms with E-state index >= 15 is 0 Å². The van der Waals surface area contributed by atoms with Crippen molar-refractivity contribution in [2.45, 2.75) is 19.3 Å². The van der Waals surface area contributed by atoms with Crippen molar-refractivity contribution in [1.29, 1.82) is 0 Å². The van der Waals surface area contributed by atoms with Crippen LogP contribution in [0.4, 0.5) is 5.13 Å². The minimum absolute atomic E-state index is 0.125. The molecule has 6 nitrogen and oxygen atoms in total. The first-order chi connectivity index (χ1) is 12.6. The third-order valence-corrected chi connectivity index (χ3v) is 5.54. The number of aromatic nitrogens is 2. The zero-order valence-electron chi connectivity index (χ0n) is 15.6. The first kappa shape index (κ1) is 18.8. The highest BCUT2D eigenvalue weighted by Gasteiger charge is 2.26. The lowest BCUT2D eigenvalue weighted by Crippen LogP contribution is -3.06. The third-order valence-electron chi connectivity index (χ3n) is 4.72. The van der Waals surface area contributed by atoms with E-state index in [-0.39, 0.29) is 11.8 Å². The molecule has 1 fully saturated rings. The maximum Gasteiger partial charge on any atom is 0.223 e. The molecule has 0 unspecified atom stereocenters. The van der Waals surface area contributed by atoms with Crippen LogP contribution in [0.15, 0.2) is 30.3 Å². The Balaban J connectivity index is 1.47. The van der Waals surface area contributed by atoms with Crippen LogP contribution in [0, 0.1) is 5.92 Å². The normalized spacial score (nSPS) is 15.4. The highest BCUT2D eigenvalue weighted by atomic mass is 32.1. The standard InChI is InChI=1S/C19H27N5OS/c1-23(2)13-10-20-18(25)16-8-11-24(12-9-16)19-21-17(22-26-19)14-15-6-4-3-5-7-15/h3-7,16H,8-14H2,1-2H3,(H,20,25)/p+1. The van der Waals surface area contributed by atoms with Gasteiger partial charge >= 0.3 is 0 Å². The average Bonchev–Trinajstić information content (AvgIpc) is 3.11. The van der Waals surface area contributed by atoms with Gasteiger partial charge in [0.1, 0.15) is 5.82 Å². The molecule has 2 aromatic rings. The summed E-state index contributed by atoms with van der Waals surface area (Å²) in [5.74, 6) is 1.20. The van der Waals surface area contributed by atoms with Crippen molar-refractivity contribution < 1.29 is 9.69 Å². The maximum absolute atomic E-state index is 12.3. The van der Waals surface area contributed by atoms with Crippen LogP contribution in [-0.2, 0) is 11.2 Å². The molecule has 26 heavy (non-hydrogen) atoms. The number of hydrogen-bond acceptors (Lipinski definition) is 5. The molecule has 0 aliphatic carbocycles. The third kappa shape index (κ3) is 5.25. The molecule has 1 aromatic carbocycles. The van der Waals surface area contributed by atoms with E-state index in [4.69, 9.17) is 4.98 Å². The quantitative estimate of drug-likeness (QED) is 0.745. The maximum atomic E-state index is 12.3. The summed E-state index contributed by atoms with van der Waals surface area (Å²) >= 11 is 1.46. The van der Waals surface area contributed by atoms with E-state index in [9.17, 15) is 4.79 Å². The molecule has 7 heteroatoms. The van der Waals surface area contributed by atoms with Gasteiger partial charge in [-0.15, -0.1) is 0 Å². The zero-order valence-corrected chi connectivity index (χ0v) is 16.4. The molecule has 1 aromatic heterocycles. The molecule has 0 bridgehead atoms. The van der Waals surface area contributed by atoms with E-state index in [1.807, 2.05) is 18.2 Å². The second kappa shape index (κ2) is 9.09. The van der Waals surface area contributed by atoms with Crippen LogP contribution in [0.5, 0.6) is 0 Å². The van der Waals surface area contributed by atoms with Gasteiger partial charge in [-0.25, -0.2) is 4.98 Å². The molecule has 2 N–H and O–H groups in total. The van der Waals surface area contributed by atoms with Gasteiger partial charge in [-0.3, -0.25) is 4.79 Å². The number of amides is 1. The van der Waals surface area contributed by atoms with Gasteiger partial charge in [0, 0.05) is 37.0 Å². The van der Waals surface area contributed by atoms with Crippen LogP contribution in [0.1, 0.15) is 24.2 Å². The minimum atomic E-state index is 0.125. The monoisotopic (exact) mass is 374 g/mol. The fraction of sp³-hybridized carbons (Fsp3) is 0.526. The number of piperidine rings is 1. The summed E-state index contributed by atoms with van der Waals surface area (Å²) in [5.41, 5.74) is 1.23. The number of likely N-dealkylation sites (N-methyl/N-ethyl adjacent to an activating group) is 1. The first-order valence-electron chi connectivity index (χ1n) is 9.30. The Morgan fingerprint density at radius 2 is 2.00 bits per heavy atom. The van der Waals surface area contributed by atoms with Gasteiger partial charge in [0.05, 0.1) is 27.2 Å². The summed E-state index contributed by atoms with van der Waals surface area (Å²) in [5, 5.41) is 4.04. The summed E-state index contributed by atoms with van der Waals surface area (Å²) in [6, 6.07) is 10.3. The molecule has 1 aliphatic heterocycles. The van der Waals surface area contributed by atoms with Gasteiger partial charge in [0.25, 0.3) is 0 Å². The van der Waals surface area contributed by atoms with Crippen molar-refractivity contribution in [3.05, 3.63) is 41.7 Å². The fourth-order valence-electron chi connectivity index (χ4n) is 3.14. The van der Waals surface area contributed by atoms with Crippen LogP contribution in [0.2, 0.25) is 0 Å². The molecule has 1 amide bonds.